The van der Waals surface area contributed by atoms with Crippen LogP contribution in [0.15, 0.2) is 53.7 Å². The average molecular weight is 447 g/mol. The molecule has 7 nitrogen and oxygen atoms in total. The number of aryl methyl sites for hydroxylation is 3. The van der Waals surface area contributed by atoms with Gasteiger partial charge in [-0.2, -0.15) is 0 Å². The molecule has 8 heteroatoms. The van der Waals surface area contributed by atoms with E-state index in [2.05, 4.69) is 38.3 Å². The van der Waals surface area contributed by atoms with Gasteiger partial charge < -0.3 is 14.5 Å². The van der Waals surface area contributed by atoms with Crippen LogP contribution in [0.25, 0.3) is 11.0 Å². The summed E-state index contributed by atoms with van der Waals surface area (Å²) in [5.74, 6) is 2.19. The number of nitrogens with zero attached hydrogens (tertiary/aromatic N) is 5. The lowest BCUT2D eigenvalue weighted by atomic mass is 10.2. The number of anilines is 1. The van der Waals surface area contributed by atoms with Crippen molar-refractivity contribution < 1.29 is 4.79 Å². The molecule has 4 aromatic rings. The lowest BCUT2D eigenvalue weighted by molar-refractivity contribution is -0.113. The van der Waals surface area contributed by atoms with Crippen molar-refractivity contribution in [2.24, 2.45) is 0 Å². The monoisotopic (exact) mass is 446 g/mol. The van der Waals surface area contributed by atoms with Gasteiger partial charge >= 0.3 is 0 Å². The molecule has 0 fully saturated rings. The zero-order valence-corrected chi connectivity index (χ0v) is 18.9. The molecule has 1 aliphatic heterocycles. The van der Waals surface area contributed by atoms with E-state index in [4.69, 9.17) is 4.98 Å². The summed E-state index contributed by atoms with van der Waals surface area (Å²) < 4.78 is 4.36. The van der Waals surface area contributed by atoms with E-state index < -0.39 is 0 Å². The highest BCUT2D eigenvalue weighted by molar-refractivity contribution is 7.99. The van der Waals surface area contributed by atoms with Crippen molar-refractivity contribution in [3.05, 3.63) is 65.7 Å². The standard InChI is InChI=1S/C24H26N6OS/c1-17-27-28-24(30(17)15-18-8-4-2-5-9-18)32-16-23(31)25-19-11-12-21-20(14-19)26-22-10-6-3-7-13-29(21)22/h2,4-5,8-9,11-12,14H,3,6-7,10,13,15-16H2,1H3,(H,25,31). The number of carbonyl (C=O) groups is 1. The topological polar surface area (TPSA) is 77.6 Å². The molecule has 0 atom stereocenters. The maximum absolute atomic E-state index is 12.6. The van der Waals surface area contributed by atoms with E-state index >= 15 is 0 Å². The predicted molar refractivity (Wildman–Crippen MR) is 127 cm³/mol. The summed E-state index contributed by atoms with van der Waals surface area (Å²) in [6, 6.07) is 16.2. The van der Waals surface area contributed by atoms with Crippen LogP contribution < -0.4 is 5.32 Å². The highest BCUT2D eigenvalue weighted by Gasteiger charge is 2.15. The molecule has 0 radical (unpaired) electrons. The van der Waals surface area contributed by atoms with Crippen molar-refractivity contribution >= 4 is 34.4 Å². The van der Waals surface area contributed by atoms with Gasteiger partial charge in [-0.05, 0) is 43.5 Å². The molecule has 0 spiro atoms. The summed E-state index contributed by atoms with van der Waals surface area (Å²) in [4.78, 5) is 17.4. The Hall–Kier alpha value is -3.13. The second kappa shape index (κ2) is 9.16. The summed E-state index contributed by atoms with van der Waals surface area (Å²) >= 11 is 1.40. The van der Waals surface area contributed by atoms with Crippen LogP contribution in [-0.2, 0) is 24.3 Å². The largest absolute Gasteiger partial charge is 0.328 e. The minimum Gasteiger partial charge on any atom is -0.328 e. The number of benzene rings is 2. The summed E-state index contributed by atoms with van der Waals surface area (Å²) in [7, 11) is 0. The molecule has 0 bridgehead atoms. The molecule has 0 saturated carbocycles. The molecule has 3 heterocycles. The second-order valence-corrected chi connectivity index (χ2v) is 9.07. The predicted octanol–water partition coefficient (Wildman–Crippen LogP) is 4.44. The van der Waals surface area contributed by atoms with Gasteiger partial charge in [-0.3, -0.25) is 4.79 Å². The van der Waals surface area contributed by atoms with Gasteiger partial charge in [-0.25, -0.2) is 4.98 Å². The number of nitrogens with one attached hydrogen (secondary N) is 1. The molecule has 5 rings (SSSR count). The molecule has 2 aromatic heterocycles. The Kier molecular flexibility index (Phi) is 5.94. The van der Waals surface area contributed by atoms with Crippen LogP contribution in [0.1, 0.15) is 36.5 Å². The van der Waals surface area contributed by atoms with Crippen LogP contribution in [0.5, 0.6) is 0 Å². The van der Waals surface area contributed by atoms with Gasteiger partial charge in [0.15, 0.2) is 5.16 Å². The molecule has 164 valence electrons. The van der Waals surface area contributed by atoms with Gasteiger partial charge in [-0.1, -0.05) is 48.5 Å². The number of rotatable bonds is 6. The van der Waals surface area contributed by atoms with Gasteiger partial charge in [0, 0.05) is 18.7 Å². The molecular weight excluding hydrogens is 420 g/mol. The van der Waals surface area contributed by atoms with E-state index in [0.717, 1.165) is 46.5 Å². The molecule has 1 aliphatic rings. The van der Waals surface area contributed by atoms with Gasteiger partial charge in [0.2, 0.25) is 5.91 Å². The molecule has 2 aromatic carbocycles. The third-order valence-electron chi connectivity index (χ3n) is 5.81. The number of amides is 1. The Morgan fingerprint density at radius 3 is 2.84 bits per heavy atom. The maximum atomic E-state index is 12.6. The number of aromatic nitrogens is 5. The van der Waals surface area contributed by atoms with E-state index in [9.17, 15) is 4.79 Å². The fourth-order valence-corrected chi connectivity index (χ4v) is 4.95. The summed E-state index contributed by atoms with van der Waals surface area (Å²) in [6.45, 7) is 3.64. The normalized spacial score (nSPS) is 13.7. The first kappa shape index (κ1) is 20.8. The molecular formula is C24H26N6OS. The lowest BCUT2D eigenvalue weighted by Crippen LogP contribution is -2.15. The van der Waals surface area contributed by atoms with Crippen LogP contribution in [0.2, 0.25) is 0 Å². The zero-order valence-electron chi connectivity index (χ0n) is 18.1. The van der Waals surface area contributed by atoms with Crippen LogP contribution in [0.4, 0.5) is 5.69 Å². The van der Waals surface area contributed by atoms with Gasteiger partial charge in [0.05, 0.1) is 23.3 Å². The first-order valence-electron chi connectivity index (χ1n) is 11.0. The van der Waals surface area contributed by atoms with E-state index in [1.165, 1.54) is 36.6 Å². The lowest BCUT2D eigenvalue weighted by Gasteiger charge is -2.09. The van der Waals surface area contributed by atoms with Crippen molar-refractivity contribution in [3.8, 4) is 0 Å². The van der Waals surface area contributed by atoms with Crippen LogP contribution >= 0.6 is 11.8 Å². The highest BCUT2D eigenvalue weighted by Crippen LogP contribution is 2.25. The Balaban J connectivity index is 1.24. The molecule has 0 unspecified atom stereocenters. The summed E-state index contributed by atoms with van der Waals surface area (Å²) in [5.41, 5.74) is 4.05. The van der Waals surface area contributed by atoms with Crippen molar-refractivity contribution in [1.29, 1.82) is 0 Å². The van der Waals surface area contributed by atoms with Crippen molar-refractivity contribution in [3.63, 3.8) is 0 Å². The second-order valence-electron chi connectivity index (χ2n) is 8.13. The van der Waals surface area contributed by atoms with Crippen LogP contribution in [-0.4, -0.2) is 36.0 Å². The Morgan fingerprint density at radius 1 is 1.09 bits per heavy atom. The van der Waals surface area contributed by atoms with E-state index in [0.29, 0.717) is 6.54 Å². The minimum atomic E-state index is -0.0676. The minimum absolute atomic E-state index is 0.0676. The average Bonchev–Trinajstić information content (AvgIpc) is 3.22. The van der Waals surface area contributed by atoms with Gasteiger partial charge in [-0.15, -0.1) is 10.2 Å². The quantitative estimate of drug-likeness (QED) is 0.443. The third-order valence-corrected chi connectivity index (χ3v) is 6.78. The molecule has 1 N–H and O–H groups in total. The summed E-state index contributed by atoms with van der Waals surface area (Å²) in [6.07, 6.45) is 4.67. The number of hydrogen-bond acceptors (Lipinski definition) is 5. The van der Waals surface area contributed by atoms with Crippen LogP contribution in [0.3, 0.4) is 0 Å². The molecule has 0 aliphatic carbocycles. The first-order valence-corrected chi connectivity index (χ1v) is 12.0. The number of fused-ring (bicyclic) bond motifs is 3. The zero-order chi connectivity index (χ0) is 21.9. The Morgan fingerprint density at radius 2 is 1.97 bits per heavy atom. The number of thioether (sulfide) groups is 1. The number of carbonyl (C=O) groups excluding carboxylic acids is 1. The van der Waals surface area contributed by atoms with Crippen molar-refractivity contribution in [2.75, 3.05) is 11.1 Å². The number of hydrogen-bond donors (Lipinski definition) is 1. The SMILES string of the molecule is Cc1nnc(SCC(=O)Nc2ccc3c(c2)nc2n3CCCCC2)n1Cc1ccccc1. The fourth-order valence-electron chi connectivity index (χ4n) is 4.17. The van der Waals surface area contributed by atoms with E-state index in [1.807, 2.05) is 41.8 Å². The smallest absolute Gasteiger partial charge is 0.234 e. The van der Waals surface area contributed by atoms with Gasteiger partial charge in [0.25, 0.3) is 0 Å². The van der Waals surface area contributed by atoms with Gasteiger partial charge in [0.1, 0.15) is 11.6 Å². The summed E-state index contributed by atoms with van der Waals surface area (Å²) in [5, 5.41) is 12.2. The third kappa shape index (κ3) is 4.41. The maximum Gasteiger partial charge on any atom is 0.234 e. The molecule has 0 saturated heterocycles. The first-order chi connectivity index (χ1) is 15.7. The molecule has 32 heavy (non-hydrogen) atoms. The fraction of sp³-hybridized carbons (Fsp3) is 0.333. The Bertz CT molecular complexity index is 1250. The number of imidazole rings is 1. The Labute approximate surface area is 191 Å². The molecule has 1 amide bonds. The van der Waals surface area contributed by atoms with E-state index in [-0.39, 0.29) is 11.7 Å². The van der Waals surface area contributed by atoms with Crippen molar-refractivity contribution in [2.45, 2.75) is 50.9 Å². The van der Waals surface area contributed by atoms with E-state index in [1.54, 1.807) is 0 Å². The highest BCUT2D eigenvalue weighted by atomic mass is 32.2. The van der Waals surface area contributed by atoms with Crippen LogP contribution in [0, 0.1) is 6.92 Å². The van der Waals surface area contributed by atoms with Crippen molar-refractivity contribution in [1.82, 2.24) is 24.3 Å².